The summed E-state index contributed by atoms with van der Waals surface area (Å²) in [6, 6.07) is 0. The Morgan fingerprint density at radius 3 is 2.48 bits per heavy atom. The van der Waals surface area contributed by atoms with Gasteiger partial charge in [-0.3, -0.25) is 4.79 Å². The molecule has 4 fully saturated rings. The van der Waals surface area contributed by atoms with Gasteiger partial charge in [0, 0.05) is 6.42 Å². The van der Waals surface area contributed by atoms with Gasteiger partial charge in [0.25, 0.3) is 0 Å². The van der Waals surface area contributed by atoms with Crippen LogP contribution < -0.4 is 0 Å². The van der Waals surface area contributed by atoms with Crippen LogP contribution in [0.15, 0.2) is 0 Å². The third-order valence-electron chi connectivity index (χ3n) is 10.00. The lowest BCUT2D eigenvalue weighted by atomic mass is 9.43. The second kappa shape index (κ2) is 6.73. The molecular formula is C23H38O4. The van der Waals surface area contributed by atoms with Crippen molar-refractivity contribution in [2.24, 2.45) is 46.3 Å². The van der Waals surface area contributed by atoms with Crippen molar-refractivity contribution >= 4 is 5.97 Å². The summed E-state index contributed by atoms with van der Waals surface area (Å²) in [6.45, 7) is 6.79. The van der Waals surface area contributed by atoms with E-state index in [1.807, 2.05) is 0 Å². The van der Waals surface area contributed by atoms with E-state index < -0.39 is 5.97 Å². The number of rotatable bonds is 3. The fourth-order valence-electron chi connectivity index (χ4n) is 8.58. The van der Waals surface area contributed by atoms with Gasteiger partial charge in [0.1, 0.15) is 0 Å². The zero-order chi connectivity index (χ0) is 19.6. The molecule has 3 N–H and O–H groups in total. The van der Waals surface area contributed by atoms with Crippen LogP contribution in [0.3, 0.4) is 0 Å². The molecule has 27 heavy (non-hydrogen) atoms. The molecule has 0 heterocycles. The van der Waals surface area contributed by atoms with Gasteiger partial charge in [-0.15, -0.1) is 0 Å². The number of hydrogen-bond acceptors (Lipinski definition) is 3. The van der Waals surface area contributed by atoms with Gasteiger partial charge < -0.3 is 15.3 Å². The Labute approximate surface area is 163 Å². The maximum Gasteiger partial charge on any atom is 0.303 e. The predicted octanol–water partition coefficient (Wildman–Crippen LogP) is 4.09. The van der Waals surface area contributed by atoms with Crippen LogP contribution in [0.25, 0.3) is 0 Å². The molecule has 4 saturated carbocycles. The normalized spacial score (nSPS) is 53.1. The maximum absolute atomic E-state index is 11.4. The minimum absolute atomic E-state index is 0.125. The van der Waals surface area contributed by atoms with Crippen molar-refractivity contribution in [1.29, 1.82) is 0 Å². The Balaban J connectivity index is 1.60. The van der Waals surface area contributed by atoms with Crippen LogP contribution in [0.2, 0.25) is 0 Å². The van der Waals surface area contributed by atoms with E-state index in [4.69, 9.17) is 0 Å². The van der Waals surface area contributed by atoms with Gasteiger partial charge in [-0.2, -0.15) is 0 Å². The van der Waals surface area contributed by atoms with Crippen LogP contribution in [0.5, 0.6) is 0 Å². The van der Waals surface area contributed by atoms with Gasteiger partial charge >= 0.3 is 5.97 Å². The van der Waals surface area contributed by atoms with Crippen LogP contribution in [0.4, 0.5) is 0 Å². The number of carbonyl (C=O) groups is 1. The molecule has 4 rings (SSSR count). The highest BCUT2D eigenvalue weighted by molar-refractivity contribution is 5.67. The molecule has 0 radical (unpaired) electrons. The average molecular weight is 379 g/mol. The van der Waals surface area contributed by atoms with Gasteiger partial charge in [0.15, 0.2) is 0 Å². The first-order valence-corrected chi connectivity index (χ1v) is 11.3. The summed E-state index contributed by atoms with van der Waals surface area (Å²) < 4.78 is 0. The largest absolute Gasteiger partial charge is 0.481 e. The number of carboxylic acid groups (broad SMARTS) is 1. The molecular weight excluding hydrogens is 340 g/mol. The van der Waals surface area contributed by atoms with E-state index in [-0.39, 0.29) is 35.4 Å². The zero-order valence-corrected chi connectivity index (χ0v) is 17.2. The van der Waals surface area contributed by atoms with Crippen LogP contribution in [0.1, 0.15) is 78.6 Å². The molecule has 0 aliphatic heterocycles. The SMILES string of the molecule is C[C@H](CC(=O)O)[C@@H]1CC[C@@H]2[C@@H]3CC[C@@H]4C[C@H](O)CC[C@]4(C)[C@@H]3C[C@H](O)[C@]21C. The summed E-state index contributed by atoms with van der Waals surface area (Å²) in [4.78, 5) is 11.3. The molecule has 0 saturated heterocycles. The van der Waals surface area contributed by atoms with Crippen molar-refractivity contribution in [3.63, 3.8) is 0 Å². The smallest absolute Gasteiger partial charge is 0.303 e. The Morgan fingerprint density at radius 2 is 1.78 bits per heavy atom. The number of hydrogen-bond donors (Lipinski definition) is 3. The van der Waals surface area contributed by atoms with E-state index >= 15 is 0 Å². The lowest BCUT2D eigenvalue weighted by Gasteiger charge is -2.62. The molecule has 0 spiro atoms. The Bertz CT molecular complexity index is 591. The first-order valence-electron chi connectivity index (χ1n) is 11.3. The summed E-state index contributed by atoms with van der Waals surface area (Å²) in [5.74, 6) is 2.07. The topological polar surface area (TPSA) is 77.8 Å². The maximum atomic E-state index is 11.4. The molecule has 0 aromatic heterocycles. The molecule has 0 bridgehead atoms. The molecule has 10 atom stereocenters. The first kappa shape index (κ1) is 19.7. The Morgan fingerprint density at radius 1 is 1.04 bits per heavy atom. The van der Waals surface area contributed by atoms with Crippen molar-refractivity contribution in [3.05, 3.63) is 0 Å². The van der Waals surface area contributed by atoms with Gasteiger partial charge in [-0.05, 0) is 97.7 Å². The second-order valence-corrected chi connectivity index (χ2v) is 11.0. The van der Waals surface area contributed by atoms with E-state index in [1.165, 1.54) is 12.8 Å². The monoisotopic (exact) mass is 378 g/mol. The van der Waals surface area contributed by atoms with Crippen LogP contribution >= 0.6 is 0 Å². The minimum atomic E-state index is -0.716. The Hall–Kier alpha value is -0.610. The lowest BCUT2D eigenvalue weighted by molar-refractivity contribution is -0.175. The third-order valence-corrected chi connectivity index (χ3v) is 10.00. The van der Waals surface area contributed by atoms with Crippen molar-refractivity contribution < 1.29 is 20.1 Å². The van der Waals surface area contributed by atoms with Gasteiger partial charge in [0.2, 0.25) is 0 Å². The number of fused-ring (bicyclic) bond motifs is 5. The first-order chi connectivity index (χ1) is 12.7. The number of aliphatic hydroxyl groups excluding tert-OH is 2. The van der Waals surface area contributed by atoms with Crippen LogP contribution in [-0.4, -0.2) is 33.5 Å². The summed E-state index contributed by atoms with van der Waals surface area (Å²) >= 11 is 0. The zero-order valence-electron chi connectivity index (χ0n) is 17.2. The molecule has 4 heteroatoms. The van der Waals surface area contributed by atoms with Crippen molar-refractivity contribution in [3.8, 4) is 0 Å². The van der Waals surface area contributed by atoms with E-state index in [9.17, 15) is 20.1 Å². The molecule has 0 amide bonds. The van der Waals surface area contributed by atoms with Gasteiger partial charge in [-0.1, -0.05) is 20.8 Å². The molecule has 4 nitrogen and oxygen atoms in total. The number of aliphatic hydroxyl groups is 2. The number of aliphatic carboxylic acids is 1. The van der Waals surface area contributed by atoms with E-state index in [2.05, 4.69) is 20.8 Å². The predicted molar refractivity (Wildman–Crippen MR) is 104 cm³/mol. The summed E-state index contributed by atoms with van der Waals surface area (Å²) in [7, 11) is 0. The fraction of sp³-hybridized carbons (Fsp3) is 0.957. The molecule has 4 aliphatic carbocycles. The van der Waals surface area contributed by atoms with Gasteiger partial charge in [-0.25, -0.2) is 0 Å². The number of carboxylic acids is 1. The molecule has 154 valence electrons. The fourth-order valence-corrected chi connectivity index (χ4v) is 8.58. The van der Waals surface area contributed by atoms with E-state index in [0.717, 1.165) is 38.5 Å². The van der Waals surface area contributed by atoms with E-state index in [1.54, 1.807) is 0 Å². The van der Waals surface area contributed by atoms with Crippen LogP contribution in [-0.2, 0) is 4.79 Å². The van der Waals surface area contributed by atoms with E-state index in [0.29, 0.717) is 29.6 Å². The molecule has 4 aliphatic rings. The Kier molecular flexibility index (Phi) is 4.91. The summed E-state index contributed by atoms with van der Waals surface area (Å²) in [6.07, 6.45) is 8.22. The van der Waals surface area contributed by atoms with Crippen LogP contribution in [0, 0.1) is 46.3 Å². The highest BCUT2D eigenvalue weighted by atomic mass is 16.4. The quantitative estimate of drug-likeness (QED) is 0.691. The standard InChI is InChI=1S/C23H38O4/c1-13(10-21(26)27)17-6-7-18-16-5-4-14-11-15(24)8-9-22(14,2)19(16)12-20(25)23(17,18)3/h13-20,24-25H,4-12H2,1-3H3,(H,26,27)/t13-,14-,15-,16+,17+,18-,19-,20+,22+,23+/m1/s1. The summed E-state index contributed by atoms with van der Waals surface area (Å²) in [5.41, 5.74) is 0.128. The highest BCUT2D eigenvalue weighted by Gasteiger charge is 2.63. The minimum Gasteiger partial charge on any atom is -0.481 e. The lowest BCUT2D eigenvalue weighted by Crippen LogP contribution is -2.58. The highest BCUT2D eigenvalue weighted by Crippen LogP contribution is 2.68. The summed E-state index contributed by atoms with van der Waals surface area (Å²) in [5, 5.41) is 30.8. The van der Waals surface area contributed by atoms with Gasteiger partial charge in [0.05, 0.1) is 12.2 Å². The second-order valence-electron chi connectivity index (χ2n) is 11.0. The molecule has 0 aromatic rings. The molecule has 0 aromatic carbocycles. The third kappa shape index (κ3) is 2.88. The van der Waals surface area contributed by atoms with Crippen molar-refractivity contribution in [2.45, 2.75) is 90.8 Å². The molecule has 0 unspecified atom stereocenters. The van der Waals surface area contributed by atoms with Crippen molar-refractivity contribution in [2.75, 3.05) is 0 Å². The average Bonchev–Trinajstić information content (AvgIpc) is 2.95. The van der Waals surface area contributed by atoms with Crippen molar-refractivity contribution in [1.82, 2.24) is 0 Å².